The van der Waals surface area contributed by atoms with Gasteiger partial charge in [-0.1, -0.05) is 20.8 Å². The zero-order valence-corrected chi connectivity index (χ0v) is 15.2. The minimum absolute atomic E-state index is 0.320. The van der Waals surface area contributed by atoms with Crippen molar-refractivity contribution in [3.8, 4) is 0 Å². The molecule has 0 aromatic rings. The van der Waals surface area contributed by atoms with Crippen LogP contribution in [0.4, 0.5) is 0 Å². The molecule has 1 unspecified atom stereocenters. The topological polar surface area (TPSA) is 48.9 Å². The van der Waals surface area contributed by atoms with Gasteiger partial charge in [0.2, 0.25) is 0 Å². The fourth-order valence-corrected chi connectivity index (χ4v) is 2.73. The third-order valence-electron chi connectivity index (χ3n) is 4.23. The summed E-state index contributed by atoms with van der Waals surface area (Å²) in [5.74, 6) is 1.44. The Hall–Kier alpha value is -0.810. The lowest BCUT2D eigenvalue weighted by Gasteiger charge is -2.22. The highest BCUT2D eigenvalue weighted by atomic mass is 16.5. The van der Waals surface area contributed by atoms with Crippen LogP contribution in [0, 0.1) is 5.92 Å². The molecule has 1 aliphatic carbocycles. The highest BCUT2D eigenvalue weighted by Gasteiger charge is 2.27. The number of hydrogen-bond acceptors (Lipinski definition) is 3. The molecule has 0 amide bonds. The number of ether oxygens (including phenoxy) is 1. The number of aliphatic imine (C=N–C) groups is 1. The summed E-state index contributed by atoms with van der Waals surface area (Å²) in [6, 6.07) is 0.833. The van der Waals surface area contributed by atoms with E-state index in [0.29, 0.717) is 12.0 Å². The molecule has 0 radical (unpaired) electrons. The zero-order valence-electron chi connectivity index (χ0n) is 15.2. The van der Waals surface area contributed by atoms with Crippen LogP contribution >= 0.6 is 0 Å². The van der Waals surface area contributed by atoms with Gasteiger partial charge in [-0.3, -0.25) is 9.89 Å². The molecule has 1 atom stereocenters. The van der Waals surface area contributed by atoms with Crippen LogP contribution in [0.2, 0.25) is 0 Å². The standard InChI is InChI=1S/C17H36N4O/c1-6-21(15-8-9-15)13-12-20-17(18-5)19-11-10-16(14(3)4)22-7-2/h14-16H,6-13H2,1-5H3,(H2,18,19,20). The quantitative estimate of drug-likeness (QED) is 0.453. The van der Waals surface area contributed by atoms with E-state index in [-0.39, 0.29) is 0 Å². The van der Waals surface area contributed by atoms with Gasteiger partial charge in [0.1, 0.15) is 0 Å². The van der Waals surface area contributed by atoms with Crippen LogP contribution in [0.1, 0.15) is 47.0 Å². The van der Waals surface area contributed by atoms with Crippen LogP contribution in [0.3, 0.4) is 0 Å². The summed E-state index contributed by atoms with van der Waals surface area (Å²) in [6.45, 7) is 13.6. The molecule has 5 heteroatoms. The molecule has 2 N–H and O–H groups in total. The number of rotatable bonds is 11. The number of hydrogen-bond donors (Lipinski definition) is 2. The fraction of sp³-hybridized carbons (Fsp3) is 0.941. The normalized spacial score (nSPS) is 17.1. The van der Waals surface area contributed by atoms with Crippen molar-refractivity contribution in [3.05, 3.63) is 0 Å². The van der Waals surface area contributed by atoms with Gasteiger partial charge in [0.05, 0.1) is 6.10 Å². The molecule has 130 valence electrons. The van der Waals surface area contributed by atoms with Gasteiger partial charge in [0.15, 0.2) is 5.96 Å². The Labute approximate surface area is 136 Å². The second-order valence-electron chi connectivity index (χ2n) is 6.31. The highest BCUT2D eigenvalue weighted by Crippen LogP contribution is 2.25. The van der Waals surface area contributed by atoms with Crippen molar-refractivity contribution in [1.29, 1.82) is 0 Å². The van der Waals surface area contributed by atoms with E-state index in [4.69, 9.17) is 4.74 Å². The summed E-state index contributed by atoms with van der Waals surface area (Å²) in [5, 5.41) is 6.80. The summed E-state index contributed by atoms with van der Waals surface area (Å²) < 4.78 is 5.77. The van der Waals surface area contributed by atoms with Gasteiger partial charge in [-0.05, 0) is 38.6 Å². The Morgan fingerprint density at radius 2 is 1.91 bits per heavy atom. The molecule has 0 spiro atoms. The molecule has 0 aromatic heterocycles. The van der Waals surface area contributed by atoms with Gasteiger partial charge in [-0.25, -0.2) is 0 Å². The van der Waals surface area contributed by atoms with E-state index >= 15 is 0 Å². The highest BCUT2D eigenvalue weighted by molar-refractivity contribution is 5.79. The number of nitrogens with one attached hydrogen (secondary N) is 2. The molecular formula is C17H36N4O. The van der Waals surface area contributed by atoms with Crippen LogP contribution in [0.5, 0.6) is 0 Å². The van der Waals surface area contributed by atoms with E-state index in [1.165, 1.54) is 12.8 Å². The minimum atomic E-state index is 0.320. The van der Waals surface area contributed by atoms with Crippen LogP contribution in [-0.2, 0) is 4.74 Å². The Kier molecular flexibility index (Phi) is 9.48. The summed E-state index contributed by atoms with van der Waals surface area (Å²) in [4.78, 5) is 6.84. The third-order valence-corrected chi connectivity index (χ3v) is 4.23. The van der Waals surface area contributed by atoms with Gasteiger partial charge in [0.25, 0.3) is 0 Å². The first-order valence-electron chi connectivity index (χ1n) is 8.92. The molecular weight excluding hydrogens is 276 g/mol. The summed E-state index contributed by atoms with van der Waals surface area (Å²) >= 11 is 0. The Morgan fingerprint density at radius 3 is 2.41 bits per heavy atom. The second-order valence-corrected chi connectivity index (χ2v) is 6.31. The lowest BCUT2D eigenvalue weighted by molar-refractivity contribution is 0.0258. The Bertz CT molecular complexity index is 316. The SMILES string of the molecule is CCOC(CCNC(=NC)NCCN(CC)C1CC1)C(C)C. The van der Waals surface area contributed by atoms with E-state index < -0.39 is 0 Å². The van der Waals surface area contributed by atoms with Crippen molar-refractivity contribution in [1.82, 2.24) is 15.5 Å². The first kappa shape index (κ1) is 19.2. The van der Waals surface area contributed by atoms with Gasteiger partial charge in [0, 0.05) is 39.3 Å². The predicted molar refractivity (Wildman–Crippen MR) is 94.5 cm³/mol. The Morgan fingerprint density at radius 1 is 1.23 bits per heavy atom. The molecule has 1 rings (SSSR count). The van der Waals surface area contributed by atoms with Gasteiger partial charge < -0.3 is 15.4 Å². The number of guanidine groups is 1. The molecule has 0 bridgehead atoms. The molecule has 22 heavy (non-hydrogen) atoms. The molecule has 5 nitrogen and oxygen atoms in total. The maximum atomic E-state index is 5.77. The monoisotopic (exact) mass is 312 g/mol. The average Bonchev–Trinajstić information content (AvgIpc) is 3.33. The van der Waals surface area contributed by atoms with Crippen molar-refractivity contribution < 1.29 is 4.74 Å². The number of nitrogens with zero attached hydrogens (tertiary/aromatic N) is 2. The van der Waals surface area contributed by atoms with Gasteiger partial charge in [-0.15, -0.1) is 0 Å². The molecule has 0 aromatic carbocycles. The second kappa shape index (κ2) is 10.8. The molecule has 1 saturated carbocycles. The van der Waals surface area contributed by atoms with Gasteiger partial charge >= 0.3 is 0 Å². The molecule has 0 aliphatic heterocycles. The number of likely N-dealkylation sites (N-methyl/N-ethyl adjacent to an activating group) is 1. The van der Waals surface area contributed by atoms with E-state index in [0.717, 1.165) is 51.2 Å². The van der Waals surface area contributed by atoms with Crippen LogP contribution in [-0.4, -0.2) is 62.8 Å². The first-order chi connectivity index (χ1) is 10.6. The van der Waals surface area contributed by atoms with Crippen molar-refractivity contribution in [2.75, 3.05) is 39.8 Å². The van der Waals surface area contributed by atoms with Crippen molar-refractivity contribution in [3.63, 3.8) is 0 Å². The van der Waals surface area contributed by atoms with E-state index in [1.807, 2.05) is 7.05 Å². The van der Waals surface area contributed by atoms with Crippen molar-refractivity contribution >= 4 is 5.96 Å². The summed E-state index contributed by atoms with van der Waals surface area (Å²) in [7, 11) is 1.83. The molecule has 1 aliphatic rings. The third kappa shape index (κ3) is 7.45. The van der Waals surface area contributed by atoms with Gasteiger partial charge in [-0.2, -0.15) is 0 Å². The summed E-state index contributed by atoms with van der Waals surface area (Å²) in [6.07, 6.45) is 4.07. The van der Waals surface area contributed by atoms with Crippen molar-refractivity contribution in [2.45, 2.75) is 59.1 Å². The molecule has 0 saturated heterocycles. The predicted octanol–water partition coefficient (Wildman–Crippen LogP) is 2.09. The van der Waals surface area contributed by atoms with E-state index in [2.05, 4.69) is 48.2 Å². The first-order valence-corrected chi connectivity index (χ1v) is 8.92. The zero-order chi connectivity index (χ0) is 16.4. The average molecular weight is 313 g/mol. The summed E-state index contributed by atoms with van der Waals surface area (Å²) in [5.41, 5.74) is 0. The molecule has 1 fully saturated rings. The maximum Gasteiger partial charge on any atom is 0.191 e. The maximum absolute atomic E-state index is 5.77. The smallest absolute Gasteiger partial charge is 0.191 e. The fourth-order valence-electron chi connectivity index (χ4n) is 2.73. The van der Waals surface area contributed by atoms with Crippen LogP contribution in [0.25, 0.3) is 0 Å². The van der Waals surface area contributed by atoms with Crippen LogP contribution < -0.4 is 10.6 Å². The minimum Gasteiger partial charge on any atom is -0.378 e. The van der Waals surface area contributed by atoms with Crippen molar-refractivity contribution in [2.24, 2.45) is 10.9 Å². The lowest BCUT2D eigenvalue weighted by Crippen LogP contribution is -2.43. The van der Waals surface area contributed by atoms with E-state index in [1.54, 1.807) is 0 Å². The lowest BCUT2D eigenvalue weighted by atomic mass is 10.0. The van der Waals surface area contributed by atoms with Crippen LogP contribution in [0.15, 0.2) is 4.99 Å². The molecule has 0 heterocycles. The Balaban J connectivity index is 2.18. The van der Waals surface area contributed by atoms with E-state index in [9.17, 15) is 0 Å². The largest absolute Gasteiger partial charge is 0.378 e.